The monoisotopic (exact) mass is 231 g/mol. The first-order chi connectivity index (χ1) is 8.24. The number of likely N-dealkylation sites (tertiary alicyclic amines) is 1. The second kappa shape index (κ2) is 3.85. The van der Waals surface area contributed by atoms with Gasteiger partial charge in [0, 0.05) is 30.9 Å². The summed E-state index contributed by atoms with van der Waals surface area (Å²) in [6, 6.07) is 3.81. The van der Waals surface area contributed by atoms with Crippen LogP contribution in [0.15, 0.2) is 24.5 Å². The van der Waals surface area contributed by atoms with E-state index in [0.29, 0.717) is 19.5 Å². The number of pyridine rings is 1. The van der Waals surface area contributed by atoms with Crippen molar-refractivity contribution in [1.82, 2.24) is 14.9 Å². The summed E-state index contributed by atoms with van der Waals surface area (Å²) in [6.07, 6.45) is 3.56. The van der Waals surface area contributed by atoms with E-state index >= 15 is 0 Å². The van der Waals surface area contributed by atoms with Crippen molar-refractivity contribution in [3.05, 3.63) is 30.1 Å². The Morgan fingerprint density at radius 1 is 1.59 bits per heavy atom. The maximum atomic E-state index is 11.9. The number of carbonyl (C=O) groups is 1. The van der Waals surface area contributed by atoms with Crippen LogP contribution in [0.1, 0.15) is 5.56 Å². The summed E-state index contributed by atoms with van der Waals surface area (Å²) in [4.78, 5) is 20.8. The number of hydrogen-bond donors (Lipinski definition) is 2. The normalized spacial score (nSPS) is 16.2. The highest BCUT2D eigenvalue weighted by atomic mass is 16.3. The fraction of sp³-hybridized carbons (Fsp3) is 0.333. The van der Waals surface area contributed by atoms with Crippen molar-refractivity contribution >= 4 is 16.9 Å². The topological polar surface area (TPSA) is 69.2 Å². The first kappa shape index (κ1) is 10.3. The maximum Gasteiger partial charge on any atom is 0.227 e. The molecule has 17 heavy (non-hydrogen) atoms. The third-order valence-corrected chi connectivity index (χ3v) is 3.09. The molecule has 1 aliphatic rings. The van der Waals surface area contributed by atoms with Crippen molar-refractivity contribution in [1.29, 1.82) is 0 Å². The molecule has 3 rings (SSSR count). The molecule has 1 aliphatic heterocycles. The van der Waals surface area contributed by atoms with Gasteiger partial charge in [-0.15, -0.1) is 0 Å². The van der Waals surface area contributed by atoms with Crippen molar-refractivity contribution in [3.63, 3.8) is 0 Å². The highest BCUT2D eigenvalue weighted by Gasteiger charge is 2.28. The Kier molecular flexibility index (Phi) is 2.33. The summed E-state index contributed by atoms with van der Waals surface area (Å²) >= 11 is 0. The van der Waals surface area contributed by atoms with E-state index in [1.54, 1.807) is 11.1 Å². The lowest BCUT2D eigenvalue weighted by atomic mass is 10.1. The van der Waals surface area contributed by atoms with Crippen LogP contribution in [0.2, 0.25) is 0 Å². The van der Waals surface area contributed by atoms with E-state index in [1.165, 1.54) is 0 Å². The molecule has 3 heterocycles. The summed E-state index contributed by atoms with van der Waals surface area (Å²) in [5.74, 6) is 0.0556. The van der Waals surface area contributed by atoms with Crippen LogP contribution >= 0.6 is 0 Å². The number of amides is 1. The van der Waals surface area contributed by atoms with Crippen molar-refractivity contribution in [2.75, 3.05) is 13.1 Å². The van der Waals surface area contributed by atoms with Crippen LogP contribution in [-0.4, -0.2) is 45.1 Å². The Labute approximate surface area is 98.1 Å². The molecule has 5 nitrogen and oxygen atoms in total. The van der Waals surface area contributed by atoms with Crippen molar-refractivity contribution in [3.8, 4) is 0 Å². The summed E-state index contributed by atoms with van der Waals surface area (Å²) in [6.45, 7) is 0.916. The molecule has 2 N–H and O–H groups in total. The average molecular weight is 231 g/mol. The van der Waals surface area contributed by atoms with Crippen LogP contribution in [0.25, 0.3) is 11.0 Å². The van der Waals surface area contributed by atoms with Gasteiger partial charge in [-0.2, -0.15) is 0 Å². The van der Waals surface area contributed by atoms with E-state index in [1.807, 2.05) is 18.3 Å². The van der Waals surface area contributed by atoms with Crippen LogP contribution in [0, 0.1) is 0 Å². The number of aromatic amines is 1. The number of H-pyrrole nitrogens is 1. The maximum absolute atomic E-state index is 11.9. The molecule has 0 bridgehead atoms. The molecular weight excluding hydrogens is 218 g/mol. The van der Waals surface area contributed by atoms with Gasteiger partial charge in [-0.25, -0.2) is 4.98 Å². The molecule has 0 atom stereocenters. The fourth-order valence-electron chi connectivity index (χ4n) is 2.09. The minimum absolute atomic E-state index is 0.0556. The number of nitrogens with one attached hydrogen (secondary N) is 1. The largest absolute Gasteiger partial charge is 0.389 e. The predicted octanol–water partition coefficient (Wildman–Crippen LogP) is 0.309. The molecule has 5 heteroatoms. The zero-order chi connectivity index (χ0) is 11.8. The number of rotatable bonds is 2. The Morgan fingerprint density at radius 3 is 3.18 bits per heavy atom. The van der Waals surface area contributed by atoms with E-state index in [9.17, 15) is 4.79 Å². The minimum Gasteiger partial charge on any atom is -0.389 e. The number of aliphatic hydroxyl groups is 1. The first-order valence-corrected chi connectivity index (χ1v) is 5.61. The SMILES string of the molecule is O=C(Cc1c[nH]c2ncccc12)N1CC(O)C1. The van der Waals surface area contributed by atoms with Gasteiger partial charge in [0.15, 0.2) is 0 Å². The summed E-state index contributed by atoms with van der Waals surface area (Å²) in [5.41, 5.74) is 1.76. The molecule has 0 saturated carbocycles. The summed E-state index contributed by atoms with van der Waals surface area (Å²) in [7, 11) is 0. The minimum atomic E-state index is -0.344. The number of β-amino-alcohol motifs (C(OH)–C–C–N with tert-alkyl or cyclic N) is 1. The zero-order valence-electron chi connectivity index (χ0n) is 9.26. The summed E-state index contributed by atoms with van der Waals surface area (Å²) < 4.78 is 0. The third-order valence-electron chi connectivity index (χ3n) is 3.09. The second-order valence-corrected chi connectivity index (χ2v) is 4.34. The van der Waals surface area contributed by atoms with Crippen LogP contribution in [0.4, 0.5) is 0 Å². The van der Waals surface area contributed by atoms with E-state index < -0.39 is 0 Å². The van der Waals surface area contributed by atoms with Crippen LogP contribution in [-0.2, 0) is 11.2 Å². The van der Waals surface area contributed by atoms with Gasteiger partial charge < -0.3 is 15.0 Å². The molecule has 1 saturated heterocycles. The Bertz CT molecular complexity index is 558. The quantitative estimate of drug-likeness (QED) is 0.781. The van der Waals surface area contributed by atoms with Gasteiger partial charge in [-0.05, 0) is 17.7 Å². The lowest BCUT2D eigenvalue weighted by Crippen LogP contribution is -2.53. The van der Waals surface area contributed by atoms with Gasteiger partial charge in [0.1, 0.15) is 5.65 Å². The molecule has 0 unspecified atom stereocenters. The smallest absolute Gasteiger partial charge is 0.227 e. The first-order valence-electron chi connectivity index (χ1n) is 5.61. The Balaban J connectivity index is 1.78. The highest BCUT2D eigenvalue weighted by molar-refractivity contribution is 5.87. The standard InChI is InChI=1S/C12H13N3O2/c16-9-6-15(7-9)11(17)4-8-5-14-12-10(8)2-1-3-13-12/h1-3,5,9,16H,4,6-7H2,(H,13,14). The van der Waals surface area contributed by atoms with E-state index in [0.717, 1.165) is 16.6 Å². The lowest BCUT2D eigenvalue weighted by molar-refractivity contribution is -0.140. The van der Waals surface area contributed by atoms with E-state index in [-0.39, 0.29) is 12.0 Å². The number of aromatic nitrogens is 2. The Morgan fingerprint density at radius 2 is 2.41 bits per heavy atom. The van der Waals surface area contributed by atoms with Gasteiger partial charge in [0.05, 0.1) is 12.5 Å². The molecule has 0 aromatic carbocycles. The number of aliphatic hydroxyl groups excluding tert-OH is 1. The van der Waals surface area contributed by atoms with Crippen molar-refractivity contribution < 1.29 is 9.90 Å². The number of fused-ring (bicyclic) bond motifs is 1. The van der Waals surface area contributed by atoms with Gasteiger partial charge in [0.2, 0.25) is 5.91 Å². The average Bonchev–Trinajstić information content (AvgIpc) is 2.69. The van der Waals surface area contributed by atoms with Crippen molar-refractivity contribution in [2.45, 2.75) is 12.5 Å². The molecule has 2 aromatic heterocycles. The molecule has 1 amide bonds. The molecule has 0 aliphatic carbocycles. The highest BCUT2D eigenvalue weighted by Crippen LogP contribution is 2.18. The van der Waals surface area contributed by atoms with E-state index in [2.05, 4.69) is 9.97 Å². The van der Waals surface area contributed by atoms with Gasteiger partial charge >= 0.3 is 0 Å². The lowest BCUT2D eigenvalue weighted by Gasteiger charge is -2.35. The molecule has 0 spiro atoms. The predicted molar refractivity (Wildman–Crippen MR) is 62.4 cm³/mol. The second-order valence-electron chi connectivity index (χ2n) is 4.34. The van der Waals surface area contributed by atoms with Gasteiger partial charge in [-0.3, -0.25) is 4.79 Å². The van der Waals surface area contributed by atoms with Crippen LogP contribution < -0.4 is 0 Å². The fourth-order valence-corrected chi connectivity index (χ4v) is 2.09. The number of carbonyl (C=O) groups excluding carboxylic acids is 1. The third kappa shape index (κ3) is 1.78. The van der Waals surface area contributed by atoms with Gasteiger partial charge in [0.25, 0.3) is 0 Å². The van der Waals surface area contributed by atoms with Crippen molar-refractivity contribution in [2.24, 2.45) is 0 Å². The molecule has 1 fully saturated rings. The van der Waals surface area contributed by atoms with Gasteiger partial charge in [-0.1, -0.05) is 0 Å². The zero-order valence-corrected chi connectivity index (χ0v) is 9.26. The number of nitrogens with zero attached hydrogens (tertiary/aromatic N) is 2. The summed E-state index contributed by atoms with van der Waals surface area (Å²) in [5, 5.41) is 10.1. The van der Waals surface area contributed by atoms with Crippen LogP contribution in [0.3, 0.4) is 0 Å². The van der Waals surface area contributed by atoms with E-state index in [4.69, 9.17) is 5.11 Å². The van der Waals surface area contributed by atoms with Crippen LogP contribution in [0.5, 0.6) is 0 Å². The molecular formula is C12H13N3O2. The molecule has 88 valence electrons. The molecule has 0 radical (unpaired) electrons. The molecule has 2 aromatic rings. The number of hydrogen-bond acceptors (Lipinski definition) is 3. The Hall–Kier alpha value is -1.88.